The molecular weight excluding hydrogens is 362 g/mol. The highest BCUT2D eigenvalue weighted by molar-refractivity contribution is 5.91. The van der Waals surface area contributed by atoms with Crippen molar-refractivity contribution in [3.8, 4) is 11.8 Å². The van der Waals surface area contributed by atoms with Gasteiger partial charge in [-0.25, -0.2) is 9.97 Å². The Kier molecular flexibility index (Phi) is 6.09. The molecule has 2 N–H and O–H groups in total. The molecule has 0 bridgehead atoms. The van der Waals surface area contributed by atoms with E-state index in [1.54, 1.807) is 60.9 Å². The number of nitrogens with zero attached hydrogens (tertiary/aromatic N) is 3. The number of nitro groups is 1. The maximum Gasteiger partial charge on any atom is 0.321 e. The van der Waals surface area contributed by atoms with Crippen molar-refractivity contribution in [2.75, 3.05) is 17.2 Å². The molecular formula is C19H17N5O4. The Bertz CT molecular complexity index is 948. The Morgan fingerprint density at radius 2 is 1.75 bits per heavy atom. The lowest BCUT2D eigenvalue weighted by atomic mass is 10.2. The van der Waals surface area contributed by atoms with Crippen molar-refractivity contribution < 1.29 is 14.5 Å². The number of ether oxygens (including phenoxy) is 1. The van der Waals surface area contributed by atoms with Crippen molar-refractivity contribution in [3.05, 3.63) is 77.1 Å². The molecule has 0 saturated carbocycles. The molecule has 0 aliphatic heterocycles. The minimum Gasteiger partial charge on any atom is -0.424 e. The third-order valence-electron chi connectivity index (χ3n) is 3.66. The van der Waals surface area contributed by atoms with Gasteiger partial charge in [0.2, 0.25) is 5.91 Å². The van der Waals surface area contributed by atoms with Gasteiger partial charge in [-0.15, -0.1) is 0 Å². The summed E-state index contributed by atoms with van der Waals surface area (Å²) in [6.45, 7) is 0.267. The molecule has 1 amide bonds. The molecule has 0 unspecified atom stereocenters. The number of nitrogens with one attached hydrogen (secondary N) is 2. The molecule has 0 aliphatic rings. The second-order valence-corrected chi connectivity index (χ2v) is 5.66. The quantitative estimate of drug-likeness (QED) is 0.453. The first-order valence-electron chi connectivity index (χ1n) is 8.44. The predicted octanol–water partition coefficient (Wildman–Crippen LogP) is 3.62. The zero-order valence-corrected chi connectivity index (χ0v) is 14.7. The summed E-state index contributed by atoms with van der Waals surface area (Å²) < 4.78 is 5.48. The molecule has 0 fully saturated rings. The second-order valence-electron chi connectivity index (χ2n) is 5.66. The first kappa shape index (κ1) is 18.8. The summed E-state index contributed by atoms with van der Waals surface area (Å²) in [6.07, 6.45) is 3.31. The van der Waals surface area contributed by atoms with E-state index in [2.05, 4.69) is 20.6 Å². The van der Waals surface area contributed by atoms with Gasteiger partial charge in [0, 0.05) is 37.1 Å². The monoisotopic (exact) mass is 379 g/mol. The van der Waals surface area contributed by atoms with E-state index < -0.39 is 4.92 Å². The second kappa shape index (κ2) is 9.08. The van der Waals surface area contributed by atoms with Crippen LogP contribution in [-0.2, 0) is 4.79 Å². The third-order valence-corrected chi connectivity index (χ3v) is 3.66. The lowest BCUT2D eigenvalue weighted by Crippen LogP contribution is -2.16. The third kappa shape index (κ3) is 5.24. The van der Waals surface area contributed by atoms with Crippen molar-refractivity contribution in [1.82, 2.24) is 9.97 Å². The highest BCUT2D eigenvalue weighted by Crippen LogP contribution is 2.23. The summed E-state index contributed by atoms with van der Waals surface area (Å²) in [6, 6.07) is 15.0. The number of hydrogen-bond acceptors (Lipinski definition) is 7. The van der Waals surface area contributed by atoms with E-state index >= 15 is 0 Å². The molecule has 3 aromatic rings. The minimum atomic E-state index is -0.466. The van der Waals surface area contributed by atoms with Crippen molar-refractivity contribution in [3.63, 3.8) is 0 Å². The predicted molar refractivity (Wildman–Crippen MR) is 103 cm³/mol. The van der Waals surface area contributed by atoms with Crippen molar-refractivity contribution in [1.29, 1.82) is 0 Å². The zero-order chi connectivity index (χ0) is 19.8. The summed E-state index contributed by atoms with van der Waals surface area (Å²) >= 11 is 0. The molecule has 3 rings (SSSR count). The topological polar surface area (TPSA) is 119 Å². The average molecular weight is 379 g/mol. The van der Waals surface area contributed by atoms with E-state index in [9.17, 15) is 14.9 Å². The molecule has 0 spiro atoms. The molecule has 0 atom stereocenters. The standard InChI is InChI=1S/C19H17N5O4/c25-18(10-13-20-16-4-1-2-5-17(16)24(26)27)23-14-6-8-15(9-7-14)28-19-21-11-3-12-22-19/h1-9,11-12,20H,10,13H2,(H,23,25). The molecule has 2 aromatic carbocycles. The van der Waals surface area contributed by atoms with Crippen molar-refractivity contribution >= 4 is 23.0 Å². The Labute approximate surface area is 160 Å². The normalized spacial score (nSPS) is 10.1. The van der Waals surface area contributed by atoms with E-state index in [0.29, 0.717) is 17.1 Å². The maximum absolute atomic E-state index is 12.1. The summed E-state index contributed by atoms with van der Waals surface area (Å²) in [7, 11) is 0. The number of carbonyl (C=O) groups is 1. The number of benzene rings is 2. The van der Waals surface area contributed by atoms with Gasteiger partial charge >= 0.3 is 6.01 Å². The number of anilines is 2. The first-order valence-corrected chi connectivity index (χ1v) is 8.44. The number of hydrogen-bond donors (Lipinski definition) is 2. The average Bonchev–Trinajstić information content (AvgIpc) is 2.70. The van der Waals surface area contributed by atoms with Crippen molar-refractivity contribution in [2.45, 2.75) is 6.42 Å². The van der Waals surface area contributed by atoms with Crippen LogP contribution in [0.4, 0.5) is 17.1 Å². The number of para-hydroxylation sites is 2. The van der Waals surface area contributed by atoms with Gasteiger partial charge in [0.25, 0.3) is 5.69 Å². The molecule has 28 heavy (non-hydrogen) atoms. The van der Waals surface area contributed by atoms with Crippen LogP contribution in [0.25, 0.3) is 0 Å². The van der Waals surface area contributed by atoms with E-state index in [1.807, 2.05) is 0 Å². The van der Waals surface area contributed by atoms with E-state index in [1.165, 1.54) is 6.07 Å². The molecule has 0 radical (unpaired) electrons. The molecule has 0 aliphatic carbocycles. The Hall–Kier alpha value is -4.01. The van der Waals surface area contributed by atoms with Crippen LogP contribution >= 0.6 is 0 Å². The minimum absolute atomic E-state index is 0.0270. The van der Waals surface area contributed by atoms with Gasteiger partial charge in [-0.3, -0.25) is 14.9 Å². The van der Waals surface area contributed by atoms with Crippen LogP contribution in [0.5, 0.6) is 11.8 Å². The highest BCUT2D eigenvalue weighted by Gasteiger charge is 2.12. The van der Waals surface area contributed by atoms with Gasteiger partial charge in [-0.1, -0.05) is 12.1 Å². The molecule has 1 aromatic heterocycles. The van der Waals surface area contributed by atoms with Gasteiger partial charge in [0.1, 0.15) is 11.4 Å². The van der Waals surface area contributed by atoms with Crippen LogP contribution in [-0.4, -0.2) is 27.3 Å². The molecule has 0 saturated heterocycles. The summed E-state index contributed by atoms with van der Waals surface area (Å²) in [5.74, 6) is 0.327. The Balaban J connectivity index is 1.48. The Morgan fingerprint density at radius 3 is 2.46 bits per heavy atom. The zero-order valence-electron chi connectivity index (χ0n) is 14.7. The summed E-state index contributed by atoms with van der Waals surface area (Å²) in [4.78, 5) is 30.5. The fourth-order valence-electron chi connectivity index (χ4n) is 2.37. The van der Waals surface area contributed by atoms with Crippen LogP contribution in [0.15, 0.2) is 67.0 Å². The van der Waals surface area contributed by atoms with Gasteiger partial charge in [-0.05, 0) is 36.4 Å². The smallest absolute Gasteiger partial charge is 0.321 e. The maximum atomic E-state index is 12.1. The number of amides is 1. The lowest BCUT2D eigenvalue weighted by molar-refractivity contribution is -0.384. The number of aromatic nitrogens is 2. The number of nitro benzene ring substituents is 1. The van der Waals surface area contributed by atoms with Crippen molar-refractivity contribution in [2.24, 2.45) is 0 Å². The van der Waals surface area contributed by atoms with E-state index in [4.69, 9.17) is 4.74 Å². The summed E-state index contributed by atoms with van der Waals surface area (Å²) in [5, 5.41) is 16.6. The molecule has 9 heteroatoms. The fourth-order valence-corrected chi connectivity index (χ4v) is 2.37. The fraction of sp³-hybridized carbons (Fsp3) is 0.105. The molecule has 142 valence electrons. The van der Waals surface area contributed by atoms with Crippen LogP contribution in [0.2, 0.25) is 0 Å². The van der Waals surface area contributed by atoms with Crippen LogP contribution in [0, 0.1) is 10.1 Å². The van der Waals surface area contributed by atoms with Gasteiger partial charge in [0.15, 0.2) is 0 Å². The number of carbonyl (C=O) groups excluding carboxylic acids is 1. The summed E-state index contributed by atoms with van der Waals surface area (Å²) in [5.41, 5.74) is 0.961. The van der Waals surface area contributed by atoms with Crippen LogP contribution in [0.3, 0.4) is 0 Å². The number of rotatable bonds is 8. The SMILES string of the molecule is O=C(CCNc1ccccc1[N+](=O)[O-])Nc1ccc(Oc2ncccn2)cc1. The Morgan fingerprint density at radius 1 is 1.04 bits per heavy atom. The van der Waals surface area contributed by atoms with E-state index in [0.717, 1.165) is 0 Å². The largest absolute Gasteiger partial charge is 0.424 e. The highest BCUT2D eigenvalue weighted by atomic mass is 16.6. The first-order chi connectivity index (χ1) is 13.6. The molecule has 1 heterocycles. The molecule has 9 nitrogen and oxygen atoms in total. The lowest BCUT2D eigenvalue weighted by Gasteiger charge is -2.09. The van der Waals surface area contributed by atoms with Gasteiger partial charge in [0.05, 0.1) is 4.92 Å². The van der Waals surface area contributed by atoms with Gasteiger partial charge < -0.3 is 15.4 Å². The van der Waals surface area contributed by atoms with Crippen LogP contribution < -0.4 is 15.4 Å². The van der Waals surface area contributed by atoms with Gasteiger partial charge in [-0.2, -0.15) is 0 Å². The van der Waals surface area contributed by atoms with Crippen LogP contribution in [0.1, 0.15) is 6.42 Å². The van der Waals surface area contributed by atoms with E-state index in [-0.39, 0.29) is 30.6 Å².